The molecule has 220 valence electrons. The molecule has 2 aromatic carbocycles. The molecule has 3 amide bonds. The first kappa shape index (κ1) is 27.9. The number of amides is 3. The van der Waals surface area contributed by atoms with E-state index in [1.807, 2.05) is 45.0 Å². The van der Waals surface area contributed by atoms with Crippen LogP contribution in [0.15, 0.2) is 54.6 Å². The molecule has 0 saturated carbocycles. The van der Waals surface area contributed by atoms with Gasteiger partial charge in [0.25, 0.3) is 0 Å². The Kier molecular flexibility index (Phi) is 6.78. The summed E-state index contributed by atoms with van der Waals surface area (Å²) in [4.78, 5) is 36.6. The van der Waals surface area contributed by atoms with E-state index < -0.39 is 17.3 Å². The molecule has 6 rings (SSSR count). The van der Waals surface area contributed by atoms with Crippen molar-refractivity contribution >= 4 is 29.3 Å². The molecule has 3 aliphatic heterocycles. The number of rotatable bonds is 2. The fourth-order valence-electron chi connectivity index (χ4n) is 5.79. The van der Waals surface area contributed by atoms with Crippen LogP contribution in [0.1, 0.15) is 43.9 Å². The van der Waals surface area contributed by atoms with E-state index in [9.17, 15) is 22.8 Å². The summed E-state index contributed by atoms with van der Waals surface area (Å²) in [7, 11) is 0. The number of anilines is 3. The Morgan fingerprint density at radius 1 is 1.00 bits per heavy atom. The number of benzene rings is 2. The van der Waals surface area contributed by atoms with E-state index in [2.05, 4.69) is 10.2 Å². The van der Waals surface area contributed by atoms with E-state index in [0.717, 1.165) is 41.9 Å². The first-order valence-electron chi connectivity index (χ1n) is 14.0. The van der Waals surface area contributed by atoms with Crippen LogP contribution >= 0.6 is 0 Å². The molecule has 0 unspecified atom stereocenters. The molecule has 1 N–H and O–H groups in total. The van der Waals surface area contributed by atoms with Crippen LogP contribution in [-0.4, -0.2) is 53.3 Å². The van der Waals surface area contributed by atoms with Crippen molar-refractivity contribution in [2.24, 2.45) is 0 Å². The van der Waals surface area contributed by atoms with Crippen LogP contribution in [0.5, 0.6) is 0 Å². The van der Waals surface area contributed by atoms with Crippen LogP contribution in [0, 0.1) is 0 Å². The Bertz CT molecular complexity index is 1550. The lowest BCUT2D eigenvalue weighted by Crippen LogP contribution is -2.48. The summed E-state index contributed by atoms with van der Waals surface area (Å²) in [6.07, 6.45) is -3.42. The lowest BCUT2D eigenvalue weighted by atomic mass is 9.99. The van der Waals surface area contributed by atoms with E-state index in [1.165, 1.54) is 6.07 Å². The van der Waals surface area contributed by atoms with Crippen LogP contribution in [0.4, 0.5) is 40.0 Å². The number of nitrogens with one attached hydrogen (secondary N) is 1. The quantitative estimate of drug-likeness (QED) is 0.366. The highest BCUT2D eigenvalue weighted by Crippen LogP contribution is 2.41. The number of alkyl halides is 3. The third-order valence-electron chi connectivity index (χ3n) is 7.78. The average molecular weight is 580 g/mol. The predicted molar refractivity (Wildman–Crippen MR) is 154 cm³/mol. The summed E-state index contributed by atoms with van der Waals surface area (Å²) in [5, 5.41) is 3.00. The van der Waals surface area contributed by atoms with Gasteiger partial charge < -0.3 is 19.9 Å². The topological polar surface area (TPSA) is 78.0 Å². The largest absolute Gasteiger partial charge is 0.444 e. The van der Waals surface area contributed by atoms with Crippen LogP contribution in [-0.2, 0) is 23.9 Å². The van der Waals surface area contributed by atoms with E-state index in [1.54, 1.807) is 21.9 Å². The van der Waals surface area contributed by atoms with Crippen molar-refractivity contribution in [3.05, 3.63) is 71.3 Å². The number of ether oxygens (including phenoxy) is 1. The maximum absolute atomic E-state index is 13.8. The van der Waals surface area contributed by atoms with Crippen LogP contribution < -0.4 is 15.1 Å². The van der Waals surface area contributed by atoms with E-state index in [-0.39, 0.29) is 18.2 Å². The molecule has 0 spiro atoms. The van der Waals surface area contributed by atoms with E-state index in [0.29, 0.717) is 48.8 Å². The van der Waals surface area contributed by atoms with Gasteiger partial charge in [-0.25, -0.2) is 14.6 Å². The SMILES string of the molecule is CC(C)(C)OC(=O)N1CCc2ccc(NC(=O)N3c4nc(-c5cccc(C(F)(F)F)c5)ccc4N4CC[C@H]3C4)cc2C1. The minimum Gasteiger partial charge on any atom is -0.444 e. The fourth-order valence-corrected chi connectivity index (χ4v) is 5.79. The third-order valence-corrected chi connectivity index (χ3v) is 7.78. The van der Waals surface area contributed by atoms with Gasteiger partial charge in [-0.3, -0.25) is 4.90 Å². The zero-order valence-corrected chi connectivity index (χ0v) is 23.7. The molecule has 11 heteroatoms. The zero-order valence-electron chi connectivity index (χ0n) is 23.7. The Morgan fingerprint density at radius 2 is 1.81 bits per heavy atom. The molecular formula is C31H32F3N5O3. The second-order valence-electron chi connectivity index (χ2n) is 11.9. The number of hydrogen-bond donors (Lipinski definition) is 1. The van der Waals surface area contributed by atoms with Crippen molar-refractivity contribution in [1.29, 1.82) is 0 Å². The van der Waals surface area contributed by atoms with Gasteiger partial charge in [-0.05, 0) is 81.1 Å². The van der Waals surface area contributed by atoms with Crippen LogP contribution in [0.2, 0.25) is 0 Å². The van der Waals surface area contributed by atoms with Gasteiger partial charge in [-0.1, -0.05) is 18.2 Å². The van der Waals surface area contributed by atoms with Crippen molar-refractivity contribution in [3.63, 3.8) is 0 Å². The van der Waals surface area contributed by atoms with Crippen molar-refractivity contribution in [2.45, 2.75) is 58.0 Å². The molecule has 42 heavy (non-hydrogen) atoms. The highest BCUT2D eigenvalue weighted by molar-refractivity contribution is 6.04. The Hall–Kier alpha value is -4.28. The normalized spacial score (nSPS) is 18.0. The zero-order chi connectivity index (χ0) is 29.8. The summed E-state index contributed by atoms with van der Waals surface area (Å²) in [5.74, 6) is 0.422. The first-order chi connectivity index (χ1) is 19.9. The number of hydrogen-bond acceptors (Lipinski definition) is 5. The second kappa shape index (κ2) is 10.2. The Balaban J connectivity index is 1.26. The van der Waals surface area contributed by atoms with Gasteiger partial charge >= 0.3 is 18.3 Å². The molecule has 1 atom stereocenters. The predicted octanol–water partition coefficient (Wildman–Crippen LogP) is 6.69. The molecule has 1 aromatic heterocycles. The number of pyridine rings is 1. The highest BCUT2D eigenvalue weighted by atomic mass is 19.4. The first-order valence-corrected chi connectivity index (χ1v) is 14.0. The highest BCUT2D eigenvalue weighted by Gasteiger charge is 2.40. The molecule has 2 bridgehead atoms. The summed E-state index contributed by atoms with van der Waals surface area (Å²) >= 11 is 0. The Morgan fingerprint density at radius 3 is 2.57 bits per heavy atom. The number of carbonyl (C=O) groups is 2. The molecule has 0 aliphatic carbocycles. The minimum atomic E-state index is -4.47. The lowest BCUT2D eigenvalue weighted by molar-refractivity contribution is -0.137. The number of aromatic nitrogens is 1. The summed E-state index contributed by atoms with van der Waals surface area (Å²) in [5.41, 5.74) is 2.73. The maximum Gasteiger partial charge on any atom is 0.416 e. The number of fused-ring (bicyclic) bond motifs is 5. The van der Waals surface area contributed by atoms with Crippen molar-refractivity contribution in [1.82, 2.24) is 9.88 Å². The maximum atomic E-state index is 13.8. The van der Waals surface area contributed by atoms with Crippen LogP contribution in [0.3, 0.4) is 0 Å². The molecule has 3 aromatic rings. The monoisotopic (exact) mass is 579 g/mol. The number of urea groups is 1. The molecule has 3 aliphatic rings. The Labute approximate surface area is 242 Å². The number of nitrogens with zero attached hydrogens (tertiary/aromatic N) is 4. The standard InChI is InChI=1S/C31H32F3N5O3/c1-30(2,3)42-29(41)38-13-11-19-7-8-23(16-21(19)17-38)35-28(40)39-24-12-14-37(18-24)26-10-9-25(36-27(26)39)20-5-4-6-22(15-20)31(32,33)34/h4-10,15-16,24H,11-14,17-18H2,1-3H3,(H,35,40)/t24-/m0/s1. The molecule has 1 fully saturated rings. The average Bonchev–Trinajstić information content (AvgIpc) is 3.35. The van der Waals surface area contributed by atoms with Gasteiger partial charge in [0.1, 0.15) is 5.60 Å². The number of halogens is 3. The van der Waals surface area contributed by atoms with Crippen LogP contribution in [0.25, 0.3) is 11.3 Å². The fraction of sp³-hybridized carbons (Fsp3) is 0.387. The van der Waals surface area contributed by atoms with Crippen molar-refractivity contribution in [3.8, 4) is 11.3 Å². The van der Waals surface area contributed by atoms with Crippen molar-refractivity contribution < 1.29 is 27.5 Å². The molecule has 8 nitrogen and oxygen atoms in total. The van der Waals surface area contributed by atoms with Gasteiger partial charge in [0.15, 0.2) is 5.82 Å². The van der Waals surface area contributed by atoms with Gasteiger partial charge in [-0.15, -0.1) is 0 Å². The lowest BCUT2D eigenvalue weighted by Gasteiger charge is -2.36. The van der Waals surface area contributed by atoms with Gasteiger partial charge in [-0.2, -0.15) is 13.2 Å². The van der Waals surface area contributed by atoms with Gasteiger partial charge in [0.2, 0.25) is 0 Å². The number of carbonyl (C=O) groups excluding carboxylic acids is 2. The molecule has 4 heterocycles. The summed E-state index contributed by atoms with van der Waals surface area (Å²) < 4.78 is 45.6. The summed E-state index contributed by atoms with van der Waals surface area (Å²) in [6.45, 7) is 7.82. The smallest absolute Gasteiger partial charge is 0.416 e. The molecule has 0 radical (unpaired) electrons. The van der Waals surface area contributed by atoms with Crippen molar-refractivity contribution in [2.75, 3.05) is 34.8 Å². The second-order valence-corrected chi connectivity index (χ2v) is 11.9. The van der Waals surface area contributed by atoms with Gasteiger partial charge in [0, 0.05) is 37.4 Å². The minimum absolute atomic E-state index is 0.123. The van der Waals surface area contributed by atoms with E-state index >= 15 is 0 Å². The molecular weight excluding hydrogens is 547 g/mol. The van der Waals surface area contributed by atoms with E-state index in [4.69, 9.17) is 9.72 Å². The van der Waals surface area contributed by atoms with Gasteiger partial charge in [0.05, 0.1) is 23.0 Å². The third kappa shape index (κ3) is 5.47. The molecule has 1 saturated heterocycles. The summed E-state index contributed by atoms with van der Waals surface area (Å²) in [6, 6.07) is 13.8.